The van der Waals surface area contributed by atoms with Gasteiger partial charge in [-0.05, 0) is 37.3 Å². The molecule has 0 aliphatic heterocycles. The van der Waals surface area contributed by atoms with Gasteiger partial charge in [-0.1, -0.05) is 39.7 Å². The Morgan fingerprint density at radius 2 is 1.95 bits per heavy atom. The zero-order valence-corrected chi connectivity index (χ0v) is 13.7. The fourth-order valence-corrected chi connectivity index (χ4v) is 2.73. The molecule has 0 unspecified atom stereocenters. The van der Waals surface area contributed by atoms with Gasteiger partial charge in [0.15, 0.2) is 5.82 Å². The Bertz CT molecular complexity index is 805. The van der Waals surface area contributed by atoms with Crippen LogP contribution in [0.4, 0.5) is 5.82 Å². The van der Waals surface area contributed by atoms with E-state index in [9.17, 15) is 0 Å². The molecule has 1 aromatic heterocycles. The van der Waals surface area contributed by atoms with Crippen molar-refractivity contribution in [2.75, 3.05) is 11.9 Å². The number of fused-ring (bicyclic) bond motifs is 1. The minimum Gasteiger partial charge on any atom is -0.370 e. The largest absolute Gasteiger partial charge is 0.370 e. The molecule has 3 rings (SSSR count). The van der Waals surface area contributed by atoms with Crippen molar-refractivity contribution in [3.63, 3.8) is 0 Å². The molecule has 3 nitrogen and oxygen atoms in total. The zero-order chi connectivity index (χ0) is 14.8. The van der Waals surface area contributed by atoms with Gasteiger partial charge >= 0.3 is 0 Å². The first-order valence-electron chi connectivity index (χ1n) is 6.65. The third-order valence-electron chi connectivity index (χ3n) is 3.12. The van der Waals surface area contributed by atoms with E-state index in [-0.39, 0.29) is 0 Å². The molecule has 1 heterocycles. The Labute approximate surface area is 136 Å². The maximum Gasteiger partial charge on any atom is 0.163 e. The first-order valence-corrected chi connectivity index (χ1v) is 7.82. The van der Waals surface area contributed by atoms with Crippen LogP contribution in [0.2, 0.25) is 5.02 Å². The lowest BCUT2D eigenvalue weighted by atomic mass is 10.2. The van der Waals surface area contributed by atoms with Crippen molar-refractivity contribution in [3.8, 4) is 11.4 Å². The number of nitrogens with one attached hydrogen (secondary N) is 1. The lowest BCUT2D eigenvalue weighted by Gasteiger charge is -2.10. The Morgan fingerprint density at radius 1 is 1.14 bits per heavy atom. The highest BCUT2D eigenvalue weighted by Crippen LogP contribution is 2.31. The van der Waals surface area contributed by atoms with Crippen LogP contribution in [0.3, 0.4) is 0 Å². The monoisotopic (exact) mass is 361 g/mol. The van der Waals surface area contributed by atoms with Gasteiger partial charge in [0, 0.05) is 22.0 Å². The summed E-state index contributed by atoms with van der Waals surface area (Å²) < 4.78 is 0.948. The number of benzene rings is 2. The van der Waals surface area contributed by atoms with E-state index in [1.807, 2.05) is 49.4 Å². The quantitative estimate of drug-likeness (QED) is 0.700. The lowest BCUT2D eigenvalue weighted by molar-refractivity contribution is 1.14. The minimum atomic E-state index is 0.621. The van der Waals surface area contributed by atoms with E-state index in [0.29, 0.717) is 10.8 Å². The molecule has 0 fully saturated rings. The molecular formula is C16H13BrClN3. The van der Waals surface area contributed by atoms with Crippen LogP contribution < -0.4 is 5.32 Å². The first kappa shape index (κ1) is 14.3. The Hall–Kier alpha value is -1.65. The van der Waals surface area contributed by atoms with Gasteiger partial charge in [-0.2, -0.15) is 0 Å². The first-order chi connectivity index (χ1) is 10.2. The SMILES string of the molecule is CCNc1nc(-c2cc(Br)ccc2Cl)nc2ccccc12. The van der Waals surface area contributed by atoms with Gasteiger partial charge in [-0.3, -0.25) is 0 Å². The molecule has 0 aliphatic rings. The van der Waals surface area contributed by atoms with Crippen molar-refractivity contribution >= 4 is 44.3 Å². The molecule has 0 aliphatic carbocycles. The molecule has 0 amide bonds. The molecular weight excluding hydrogens is 350 g/mol. The second kappa shape index (κ2) is 6.00. The summed E-state index contributed by atoms with van der Waals surface area (Å²) in [4.78, 5) is 9.27. The van der Waals surface area contributed by atoms with Crippen LogP contribution in [0.15, 0.2) is 46.9 Å². The van der Waals surface area contributed by atoms with Crippen molar-refractivity contribution < 1.29 is 0 Å². The van der Waals surface area contributed by atoms with Crippen LogP contribution in [0.5, 0.6) is 0 Å². The van der Waals surface area contributed by atoms with Gasteiger partial charge in [0.2, 0.25) is 0 Å². The summed E-state index contributed by atoms with van der Waals surface area (Å²) >= 11 is 9.75. The smallest absolute Gasteiger partial charge is 0.163 e. The number of hydrogen-bond acceptors (Lipinski definition) is 3. The van der Waals surface area contributed by atoms with Crippen LogP contribution in [-0.4, -0.2) is 16.5 Å². The highest BCUT2D eigenvalue weighted by atomic mass is 79.9. The highest BCUT2D eigenvalue weighted by molar-refractivity contribution is 9.10. The van der Waals surface area contributed by atoms with Crippen LogP contribution in [0, 0.1) is 0 Å². The Balaban J connectivity index is 2.25. The molecule has 0 bridgehead atoms. The number of rotatable bonds is 3. The number of hydrogen-bond donors (Lipinski definition) is 1. The standard InChI is InChI=1S/C16H13BrClN3/c1-2-19-15-11-5-3-4-6-14(11)20-16(21-15)12-9-10(17)7-8-13(12)18/h3-9H,2H2,1H3,(H,19,20,21). The molecule has 5 heteroatoms. The molecule has 0 radical (unpaired) electrons. The molecule has 0 saturated heterocycles. The average Bonchev–Trinajstić information content (AvgIpc) is 2.50. The highest BCUT2D eigenvalue weighted by Gasteiger charge is 2.11. The Kier molecular flexibility index (Phi) is 4.08. The number of halogens is 2. The topological polar surface area (TPSA) is 37.8 Å². The number of anilines is 1. The van der Waals surface area contributed by atoms with Crippen molar-refractivity contribution in [1.82, 2.24) is 9.97 Å². The lowest BCUT2D eigenvalue weighted by Crippen LogP contribution is -2.03. The summed E-state index contributed by atoms with van der Waals surface area (Å²) in [5.41, 5.74) is 1.71. The second-order valence-electron chi connectivity index (χ2n) is 4.57. The van der Waals surface area contributed by atoms with Gasteiger partial charge in [-0.15, -0.1) is 0 Å². The van der Waals surface area contributed by atoms with Gasteiger partial charge in [0.05, 0.1) is 10.5 Å². The predicted octanol–water partition coefficient (Wildman–Crippen LogP) is 5.14. The van der Waals surface area contributed by atoms with Crippen molar-refractivity contribution in [2.45, 2.75) is 6.92 Å². The number of aromatic nitrogens is 2. The van der Waals surface area contributed by atoms with Crippen LogP contribution in [0.1, 0.15) is 6.92 Å². The number of para-hydroxylation sites is 1. The van der Waals surface area contributed by atoms with Crippen LogP contribution in [0.25, 0.3) is 22.3 Å². The molecule has 0 saturated carbocycles. The summed E-state index contributed by atoms with van der Waals surface area (Å²) in [7, 11) is 0. The molecule has 2 aromatic carbocycles. The van der Waals surface area contributed by atoms with E-state index >= 15 is 0 Å². The van der Waals surface area contributed by atoms with Gasteiger partial charge in [-0.25, -0.2) is 9.97 Å². The van der Waals surface area contributed by atoms with E-state index in [2.05, 4.69) is 31.2 Å². The number of nitrogens with zero attached hydrogens (tertiary/aromatic N) is 2. The van der Waals surface area contributed by atoms with E-state index in [1.54, 1.807) is 0 Å². The van der Waals surface area contributed by atoms with E-state index in [4.69, 9.17) is 11.6 Å². The predicted molar refractivity (Wildman–Crippen MR) is 91.8 cm³/mol. The van der Waals surface area contributed by atoms with Gasteiger partial charge in [0.1, 0.15) is 5.82 Å². The molecule has 1 N–H and O–H groups in total. The maximum absolute atomic E-state index is 6.29. The Morgan fingerprint density at radius 3 is 2.76 bits per heavy atom. The fourth-order valence-electron chi connectivity index (χ4n) is 2.17. The van der Waals surface area contributed by atoms with Crippen LogP contribution in [-0.2, 0) is 0 Å². The van der Waals surface area contributed by atoms with E-state index < -0.39 is 0 Å². The third kappa shape index (κ3) is 2.87. The zero-order valence-electron chi connectivity index (χ0n) is 11.4. The van der Waals surface area contributed by atoms with Crippen molar-refractivity contribution in [2.24, 2.45) is 0 Å². The molecule has 3 aromatic rings. The van der Waals surface area contributed by atoms with Crippen LogP contribution >= 0.6 is 27.5 Å². The summed E-state index contributed by atoms with van der Waals surface area (Å²) in [6, 6.07) is 13.6. The van der Waals surface area contributed by atoms with Crippen molar-refractivity contribution in [3.05, 3.63) is 52.0 Å². The molecule has 0 spiro atoms. The van der Waals surface area contributed by atoms with E-state index in [0.717, 1.165) is 33.3 Å². The normalized spacial score (nSPS) is 10.8. The molecule has 106 valence electrons. The molecule has 21 heavy (non-hydrogen) atoms. The summed E-state index contributed by atoms with van der Waals surface area (Å²) in [6.45, 7) is 2.84. The molecule has 0 atom stereocenters. The van der Waals surface area contributed by atoms with Gasteiger partial charge in [0.25, 0.3) is 0 Å². The fraction of sp³-hybridized carbons (Fsp3) is 0.125. The summed E-state index contributed by atoms with van der Waals surface area (Å²) in [5.74, 6) is 1.45. The van der Waals surface area contributed by atoms with E-state index in [1.165, 1.54) is 0 Å². The minimum absolute atomic E-state index is 0.621. The summed E-state index contributed by atoms with van der Waals surface area (Å²) in [6.07, 6.45) is 0. The second-order valence-corrected chi connectivity index (χ2v) is 5.89. The van der Waals surface area contributed by atoms with Crippen molar-refractivity contribution in [1.29, 1.82) is 0 Å². The summed E-state index contributed by atoms with van der Waals surface area (Å²) in [5, 5.41) is 4.93. The van der Waals surface area contributed by atoms with Gasteiger partial charge < -0.3 is 5.32 Å². The third-order valence-corrected chi connectivity index (χ3v) is 3.94. The maximum atomic E-state index is 6.29. The average molecular weight is 363 g/mol.